The number of carbonyl (C=O) groups excluding carboxylic acids is 2. The Labute approximate surface area is 291 Å². The first-order chi connectivity index (χ1) is 23.3. The van der Waals surface area contributed by atoms with Crippen LogP contribution in [-0.4, -0.2) is 49.3 Å². The van der Waals surface area contributed by atoms with Crippen LogP contribution >= 0.6 is 7.82 Å². The van der Waals surface area contributed by atoms with Gasteiger partial charge in [-0.1, -0.05) is 120 Å². The van der Waals surface area contributed by atoms with Gasteiger partial charge in [0.2, 0.25) is 0 Å². The van der Waals surface area contributed by atoms with E-state index in [2.05, 4.69) is 62.5 Å². The van der Waals surface area contributed by atoms with Crippen molar-refractivity contribution in [1.82, 2.24) is 0 Å². The Morgan fingerprint density at radius 1 is 0.646 bits per heavy atom. The number of phosphoric ester groups is 1. The predicted molar refractivity (Wildman–Crippen MR) is 196 cm³/mol. The summed E-state index contributed by atoms with van der Waals surface area (Å²) in [7, 11) is -4.39. The van der Waals surface area contributed by atoms with Gasteiger partial charge >= 0.3 is 19.8 Å². The quantitative estimate of drug-likeness (QED) is 0.0298. The topological polar surface area (TPSA) is 134 Å². The summed E-state index contributed by atoms with van der Waals surface area (Å²) in [6, 6.07) is 0. The molecule has 0 aliphatic rings. The molecule has 0 aliphatic heterocycles. The lowest BCUT2D eigenvalue weighted by Gasteiger charge is -2.19. The normalized spacial score (nSPS) is 14.2. The van der Waals surface area contributed by atoms with Crippen molar-refractivity contribution in [2.45, 2.75) is 142 Å². The van der Waals surface area contributed by atoms with Crippen LogP contribution in [-0.2, 0) is 32.7 Å². The first-order valence-corrected chi connectivity index (χ1v) is 19.8. The lowest BCUT2D eigenvalue weighted by molar-refractivity contribution is -0.161. The number of phosphoric acid groups is 1. The molecule has 2 unspecified atom stereocenters. The van der Waals surface area contributed by atoms with Gasteiger partial charge in [0.1, 0.15) is 6.61 Å². The van der Waals surface area contributed by atoms with Gasteiger partial charge in [0.05, 0.1) is 13.2 Å². The minimum Gasteiger partial charge on any atom is -0.462 e. The zero-order chi connectivity index (χ0) is 35.4. The maximum Gasteiger partial charge on any atom is 0.472 e. The number of hydrogen-bond donors (Lipinski definition) is 2. The summed E-state index contributed by atoms with van der Waals surface area (Å²) in [5.74, 6) is -0.941. The second-order valence-corrected chi connectivity index (χ2v) is 13.2. The number of carbonyl (C=O) groups is 2. The van der Waals surface area contributed by atoms with Crippen molar-refractivity contribution in [3.05, 3.63) is 60.8 Å². The van der Waals surface area contributed by atoms with Gasteiger partial charge < -0.3 is 20.1 Å². The van der Waals surface area contributed by atoms with Crippen LogP contribution in [0.2, 0.25) is 0 Å². The standard InChI is InChI=1S/C38H66NO8P/c1-3-5-7-9-11-13-15-17-19-20-22-24-26-28-30-37(40)44-34-36(35-46-48(42,43)45-33-32-39)47-38(41)31-29-27-25-23-21-18-16-14-12-10-8-6-4-2/h6,8,12,14-15,17-18,21,25,27,36H,3-5,7,9-11,13,16,19-20,22-24,26,28-35,39H2,1-2H3,(H,42,43)/b8-6-,14-12-,17-15-,21-18-,27-25-. The van der Waals surface area contributed by atoms with Crippen molar-refractivity contribution in [2.75, 3.05) is 26.4 Å². The van der Waals surface area contributed by atoms with E-state index in [1.54, 1.807) is 0 Å². The Hall–Kier alpha value is -2.29. The maximum atomic E-state index is 12.5. The van der Waals surface area contributed by atoms with Crippen molar-refractivity contribution in [3.8, 4) is 0 Å². The Morgan fingerprint density at radius 2 is 1.19 bits per heavy atom. The predicted octanol–water partition coefficient (Wildman–Crippen LogP) is 9.77. The molecule has 2 atom stereocenters. The lowest BCUT2D eigenvalue weighted by Crippen LogP contribution is -2.29. The molecule has 48 heavy (non-hydrogen) atoms. The Bertz CT molecular complexity index is 976. The Balaban J connectivity index is 4.38. The zero-order valence-corrected chi connectivity index (χ0v) is 30.8. The summed E-state index contributed by atoms with van der Waals surface area (Å²) in [6.07, 6.45) is 38.4. The molecule has 0 aromatic heterocycles. The van der Waals surface area contributed by atoms with E-state index in [4.69, 9.17) is 24.3 Å². The van der Waals surface area contributed by atoms with Crippen molar-refractivity contribution < 1.29 is 37.6 Å². The van der Waals surface area contributed by atoms with E-state index in [0.717, 1.165) is 57.8 Å². The molecule has 9 nitrogen and oxygen atoms in total. The summed E-state index contributed by atoms with van der Waals surface area (Å²) in [5.41, 5.74) is 5.32. The first kappa shape index (κ1) is 45.7. The third-order valence-electron chi connectivity index (χ3n) is 7.15. The van der Waals surface area contributed by atoms with E-state index in [9.17, 15) is 19.0 Å². The van der Waals surface area contributed by atoms with Crippen LogP contribution in [0.4, 0.5) is 0 Å². The number of allylic oxidation sites excluding steroid dienone is 10. The second-order valence-electron chi connectivity index (χ2n) is 11.7. The van der Waals surface area contributed by atoms with Crippen LogP contribution in [0.5, 0.6) is 0 Å². The van der Waals surface area contributed by atoms with E-state index < -0.39 is 32.5 Å². The van der Waals surface area contributed by atoms with Gasteiger partial charge in [0.15, 0.2) is 6.10 Å². The smallest absolute Gasteiger partial charge is 0.462 e. The van der Waals surface area contributed by atoms with Gasteiger partial charge in [0, 0.05) is 19.4 Å². The molecule has 0 fully saturated rings. The highest BCUT2D eigenvalue weighted by Gasteiger charge is 2.25. The molecule has 276 valence electrons. The molecule has 0 rings (SSSR count). The van der Waals surface area contributed by atoms with E-state index in [0.29, 0.717) is 12.8 Å². The molecule has 0 amide bonds. The minimum absolute atomic E-state index is 0.0392. The molecule has 0 aromatic carbocycles. The fourth-order valence-corrected chi connectivity index (χ4v) is 5.23. The van der Waals surface area contributed by atoms with Gasteiger partial charge in [-0.3, -0.25) is 18.6 Å². The second kappa shape index (κ2) is 34.6. The van der Waals surface area contributed by atoms with Crippen LogP contribution < -0.4 is 5.73 Å². The van der Waals surface area contributed by atoms with E-state index in [1.165, 1.54) is 38.5 Å². The van der Waals surface area contributed by atoms with Crippen LogP contribution in [0.3, 0.4) is 0 Å². The fourth-order valence-electron chi connectivity index (χ4n) is 4.46. The molecule has 3 N–H and O–H groups in total. The minimum atomic E-state index is -4.39. The summed E-state index contributed by atoms with van der Waals surface area (Å²) < 4.78 is 32.5. The highest BCUT2D eigenvalue weighted by Crippen LogP contribution is 2.43. The SMILES string of the molecule is CC/C=C\C/C=C\C/C=C\C/C=C\CCC(=O)OC(COC(=O)CCCCCCC/C=C\CCCCCCC)COP(=O)(O)OCCN. The molecule has 0 bridgehead atoms. The van der Waals surface area contributed by atoms with Gasteiger partial charge in [-0.05, 0) is 64.2 Å². The van der Waals surface area contributed by atoms with Crippen molar-refractivity contribution in [2.24, 2.45) is 5.73 Å². The number of unbranched alkanes of at least 4 members (excludes halogenated alkanes) is 10. The van der Waals surface area contributed by atoms with Gasteiger partial charge in [0.25, 0.3) is 0 Å². The van der Waals surface area contributed by atoms with Gasteiger partial charge in [-0.15, -0.1) is 0 Å². The summed E-state index contributed by atoms with van der Waals surface area (Å²) in [6.45, 7) is 3.48. The molecular formula is C38H66NO8P. The van der Waals surface area contributed by atoms with Crippen LogP contribution in [0.1, 0.15) is 136 Å². The maximum absolute atomic E-state index is 12.5. The molecule has 0 aliphatic carbocycles. The number of rotatable bonds is 33. The van der Waals surface area contributed by atoms with Crippen molar-refractivity contribution in [3.63, 3.8) is 0 Å². The molecule has 0 radical (unpaired) electrons. The molecule has 0 spiro atoms. The summed E-state index contributed by atoms with van der Waals surface area (Å²) in [4.78, 5) is 34.6. The number of nitrogens with two attached hydrogens (primary N) is 1. The molecule has 0 heterocycles. The molecule has 0 saturated heterocycles. The van der Waals surface area contributed by atoms with Crippen molar-refractivity contribution >= 4 is 19.8 Å². The molecular weight excluding hydrogens is 629 g/mol. The highest BCUT2D eigenvalue weighted by molar-refractivity contribution is 7.47. The highest BCUT2D eigenvalue weighted by atomic mass is 31.2. The lowest BCUT2D eigenvalue weighted by atomic mass is 10.1. The van der Waals surface area contributed by atoms with E-state index in [1.807, 2.05) is 12.2 Å². The van der Waals surface area contributed by atoms with Crippen LogP contribution in [0, 0.1) is 0 Å². The monoisotopic (exact) mass is 695 g/mol. The Morgan fingerprint density at radius 3 is 1.79 bits per heavy atom. The Kier molecular flexibility index (Phi) is 32.9. The number of hydrogen-bond acceptors (Lipinski definition) is 8. The zero-order valence-electron chi connectivity index (χ0n) is 29.9. The van der Waals surface area contributed by atoms with Crippen LogP contribution in [0.25, 0.3) is 0 Å². The van der Waals surface area contributed by atoms with E-state index >= 15 is 0 Å². The van der Waals surface area contributed by atoms with E-state index in [-0.39, 0.29) is 32.6 Å². The number of esters is 2. The summed E-state index contributed by atoms with van der Waals surface area (Å²) in [5, 5.41) is 0. The average molecular weight is 696 g/mol. The molecule has 0 saturated carbocycles. The first-order valence-electron chi connectivity index (χ1n) is 18.3. The fraction of sp³-hybridized carbons (Fsp3) is 0.684. The van der Waals surface area contributed by atoms with Gasteiger partial charge in [-0.2, -0.15) is 0 Å². The third-order valence-corrected chi connectivity index (χ3v) is 8.14. The average Bonchev–Trinajstić information content (AvgIpc) is 3.07. The molecule has 0 aromatic rings. The number of ether oxygens (including phenoxy) is 2. The van der Waals surface area contributed by atoms with Gasteiger partial charge in [-0.25, -0.2) is 4.57 Å². The molecule has 10 heteroatoms. The largest absolute Gasteiger partial charge is 0.472 e. The van der Waals surface area contributed by atoms with Crippen molar-refractivity contribution in [1.29, 1.82) is 0 Å². The van der Waals surface area contributed by atoms with Crippen LogP contribution in [0.15, 0.2) is 60.8 Å². The summed E-state index contributed by atoms with van der Waals surface area (Å²) >= 11 is 0. The third kappa shape index (κ3) is 33.6.